The van der Waals surface area contributed by atoms with E-state index in [-0.39, 0.29) is 6.04 Å². The second-order valence-electron chi connectivity index (χ2n) is 6.49. The number of pyridine rings is 1. The van der Waals surface area contributed by atoms with E-state index in [4.69, 9.17) is 4.74 Å². The molecule has 1 aliphatic rings. The molecule has 1 atom stereocenters. The number of aromatic nitrogens is 1. The minimum atomic E-state index is -4.16. The average molecular weight is 387 g/mol. The van der Waals surface area contributed by atoms with Crippen LogP contribution in [0.3, 0.4) is 0 Å². The normalized spacial score (nSPS) is 18.6. The molecule has 27 heavy (non-hydrogen) atoms. The third kappa shape index (κ3) is 7.62. The number of ether oxygens (including phenoxy) is 1. The summed E-state index contributed by atoms with van der Waals surface area (Å²) in [4.78, 5) is 10.2. The standard InChI is InChI=1S/C18H28F3N5O/c1-3-10-27-16-14(6-5-8-23-16)11-24-17(22-4-2)25-15-7-9-26(12-15)13-18(19,20)21/h5-6,8,15H,3-4,7,9-13H2,1-2H3,(H2,22,24,25). The van der Waals surface area contributed by atoms with Crippen LogP contribution in [0.1, 0.15) is 32.3 Å². The minimum Gasteiger partial charge on any atom is -0.477 e. The largest absolute Gasteiger partial charge is 0.477 e. The van der Waals surface area contributed by atoms with Crippen LogP contribution in [-0.4, -0.2) is 60.8 Å². The Balaban J connectivity index is 1.95. The fourth-order valence-electron chi connectivity index (χ4n) is 2.90. The third-order valence-corrected chi connectivity index (χ3v) is 4.06. The topological polar surface area (TPSA) is 61.8 Å². The second kappa shape index (κ2) is 10.3. The van der Waals surface area contributed by atoms with E-state index in [1.807, 2.05) is 26.0 Å². The molecule has 1 fully saturated rings. The summed E-state index contributed by atoms with van der Waals surface area (Å²) in [5.74, 6) is 1.15. The first-order chi connectivity index (χ1) is 12.9. The fourth-order valence-corrected chi connectivity index (χ4v) is 2.90. The summed E-state index contributed by atoms with van der Waals surface area (Å²) < 4.78 is 43.2. The van der Waals surface area contributed by atoms with Crippen LogP contribution < -0.4 is 15.4 Å². The zero-order valence-corrected chi connectivity index (χ0v) is 15.9. The molecule has 1 aromatic rings. The quantitative estimate of drug-likeness (QED) is 0.530. The molecule has 2 heterocycles. The molecule has 0 saturated carbocycles. The van der Waals surface area contributed by atoms with Crippen LogP contribution in [0.15, 0.2) is 23.3 Å². The highest BCUT2D eigenvalue weighted by Gasteiger charge is 2.34. The number of nitrogens with one attached hydrogen (secondary N) is 2. The minimum absolute atomic E-state index is 0.0603. The van der Waals surface area contributed by atoms with Gasteiger partial charge in [-0.3, -0.25) is 4.90 Å². The molecule has 9 heteroatoms. The number of likely N-dealkylation sites (tertiary alicyclic amines) is 1. The molecular formula is C18H28F3N5O. The lowest BCUT2D eigenvalue weighted by Gasteiger charge is -2.19. The fraction of sp³-hybridized carbons (Fsp3) is 0.667. The molecule has 0 aliphatic carbocycles. The third-order valence-electron chi connectivity index (χ3n) is 4.06. The lowest BCUT2D eigenvalue weighted by molar-refractivity contribution is -0.143. The van der Waals surface area contributed by atoms with E-state index in [0.29, 0.717) is 51.0 Å². The molecule has 0 radical (unpaired) electrons. The molecule has 1 saturated heterocycles. The van der Waals surface area contributed by atoms with Crippen molar-refractivity contribution in [2.24, 2.45) is 4.99 Å². The number of hydrogen-bond acceptors (Lipinski definition) is 4. The summed E-state index contributed by atoms with van der Waals surface area (Å²) in [6, 6.07) is 3.68. The van der Waals surface area contributed by atoms with Crippen molar-refractivity contribution < 1.29 is 17.9 Å². The highest BCUT2D eigenvalue weighted by molar-refractivity contribution is 5.80. The highest BCUT2D eigenvalue weighted by atomic mass is 19.4. The molecular weight excluding hydrogens is 359 g/mol. The van der Waals surface area contributed by atoms with Gasteiger partial charge in [0.1, 0.15) is 0 Å². The first-order valence-corrected chi connectivity index (χ1v) is 9.32. The highest BCUT2D eigenvalue weighted by Crippen LogP contribution is 2.20. The summed E-state index contributed by atoms with van der Waals surface area (Å²) in [6.45, 7) is 5.50. The van der Waals surface area contributed by atoms with Gasteiger partial charge in [-0.1, -0.05) is 13.0 Å². The van der Waals surface area contributed by atoms with Crippen molar-refractivity contribution in [1.82, 2.24) is 20.5 Å². The van der Waals surface area contributed by atoms with Crippen molar-refractivity contribution in [2.45, 2.75) is 45.5 Å². The number of hydrogen-bond donors (Lipinski definition) is 2. The lowest BCUT2D eigenvalue weighted by atomic mass is 10.2. The smallest absolute Gasteiger partial charge is 0.401 e. The summed E-state index contributed by atoms with van der Waals surface area (Å²) in [7, 11) is 0. The monoisotopic (exact) mass is 387 g/mol. The summed E-state index contributed by atoms with van der Waals surface area (Å²) in [5, 5.41) is 6.38. The number of guanidine groups is 1. The SMILES string of the molecule is CCCOc1ncccc1CN=C(NCC)NC1CCN(CC(F)(F)F)C1. The number of aliphatic imine (C=N–C) groups is 1. The predicted octanol–water partition coefficient (Wildman–Crippen LogP) is 2.56. The van der Waals surface area contributed by atoms with Gasteiger partial charge in [0.15, 0.2) is 5.96 Å². The van der Waals surface area contributed by atoms with Gasteiger partial charge in [0, 0.05) is 37.4 Å². The molecule has 1 unspecified atom stereocenters. The maximum atomic E-state index is 12.5. The Labute approximate surface area is 158 Å². The van der Waals surface area contributed by atoms with Gasteiger partial charge in [0.2, 0.25) is 5.88 Å². The molecule has 152 valence electrons. The Hall–Kier alpha value is -2.03. The zero-order chi connectivity index (χ0) is 19.7. The van der Waals surface area contributed by atoms with Crippen molar-refractivity contribution in [2.75, 3.05) is 32.8 Å². The molecule has 0 spiro atoms. The van der Waals surface area contributed by atoms with Crippen LogP contribution in [0.2, 0.25) is 0 Å². The van der Waals surface area contributed by atoms with Gasteiger partial charge >= 0.3 is 6.18 Å². The van der Waals surface area contributed by atoms with Gasteiger partial charge < -0.3 is 15.4 Å². The van der Waals surface area contributed by atoms with Gasteiger partial charge in [-0.2, -0.15) is 13.2 Å². The summed E-state index contributed by atoms with van der Waals surface area (Å²) in [5.41, 5.74) is 0.869. The van der Waals surface area contributed by atoms with E-state index in [9.17, 15) is 13.2 Å². The van der Waals surface area contributed by atoms with E-state index < -0.39 is 12.7 Å². The Morgan fingerprint density at radius 1 is 1.41 bits per heavy atom. The first kappa shape index (κ1) is 21.3. The molecule has 2 rings (SSSR count). The second-order valence-corrected chi connectivity index (χ2v) is 6.49. The molecule has 0 bridgehead atoms. The van der Waals surface area contributed by atoms with Gasteiger partial charge in [-0.15, -0.1) is 0 Å². The molecule has 2 N–H and O–H groups in total. The van der Waals surface area contributed by atoms with Crippen molar-refractivity contribution in [3.05, 3.63) is 23.9 Å². The number of rotatable bonds is 8. The summed E-state index contributed by atoms with van der Waals surface area (Å²) >= 11 is 0. The Bertz CT molecular complexity index is 609. The molecule has 0 amide bonds. The van der Waals surface area contributed by atoms with Crippen molar-refractivity contribution in [3.63, 3.8) is 0 Å². The van der Waals surface area contributed by atoms with E-state index in [1.54, 1.807) is 6.20 Å². The molecule has 1 aromatic heterocycles. The van der Waals surface area contributed by atoms with Crippen molar-refractivity contribution >= 4 is 5.96 Å². The van der Waals surface area contributed by atoms with Gasteiger partial charge in [-0.05, 0) is 25.8 Å². The Morgan fingerprint density at radius 3 is 2.93 bits per heavy atom. The maximum absolute atomic E-state index is 12.5. The van der Waals surface area contributed by atoms with Gasteiger partial charge in [0.25, 0.3) is 0 Å². The average Bonchev–Trinajstić information content (AvgIpc) is 3.03. The van der Waals surface area contributed by atoms with E-state index in [1.165, 1.54) is 4.90 Å². The molecule has 0 aromatic carbocycles. The molecule has 1 aliphatic heterocycles. The predicted molar refractivity (Wildman–Crippen MR) is 98.9 cm³/mol. The Morgan fingerprint density at radius 2 is 2.22 bits per heavy atom. The maximum Gasteiger partial charge on any atom is 0.401 e. The zero-order valence-electron chi connectivity index (χ0n) is 15.9. The van der Waals surface area contributed by atoms with Crippen LogP contribution in [0.5, 0.6) is 5.88 Å². The molecule has 6 nitrogen and oxygen atoms in total. The van der Waals surface area contributed by atoms with Crippen LogP contribution in [0, 0.1) is 0 Å². The van der Waals surface area contributed by atoms with Crippen LogP contribution in [-0.2, 0) is 6.54 Å². The van der Waals surface area contributed by atoms with Gasteiger partial charge in [0.05, 0.1) is 19.7 Å². The van der Waals surface area contributed by atoms with Gasteiger partial charge in [-0.25, -0.2) is 9.98 Å². The van der Waals surface area contributed by atoms with Crippen molar-refractivity contribution in [1.29, 1.82) is 0 Å². The van der Waals surface area contributed by atoms with Crippen LogP contribution in [0.25, 0.3) is 0 Å². The number of nitrogens with zero attached hydrogens (tertiary/aromatic N) is 3. The van der Waals surface area contributed by atoms with Crippen molar-refractivity contribution in [3.8, 4) is 5.88 Å². The first-order valence-electron chi connectivity index (χ1n) is 9.32. The lowest BCUT2D eigenvalue weighted by Crippen LogP contribution is -2.45. The van der Waals surface area contributed by atoms with E-state index >= 15 is 0 Å². The van der Waals surface area contributed by atoms with E-state index in [0.717, 1.165) is 12.0 Å². The van der Waals surface area contributed by atoms with Crippen LogP contribution >= 0.6 is 0 Å². The van der Waals surface area contributed by atoms with Crippen LogP contribution in [0.4, 0.5) is 13.2 Å². The van der Waals surface area contributed by atoms with E-state index in [2.05, 4.69) is 20.6 Å². The summed E-state index contributed by atoms with van der Waals surface area (Å²) in [6.07, 6.45) is -0.948. The number of alkyl halides is 3. The Kier molecular flexibility index (Phi) is 8.15. The number of halogens is 3.